The molecule has 0 aliphatic heterocycles. The van der Waals surface area contributed by atoms with Crippen molar-refractivity contribution < 1.29 is 23.1 Å². The van der Waals surface area contributed by atoms with Crippen LogP contribution in [0.1, 0.15) is 68.9 Å². The Labute approximate surface area is 157 Å². The number of phenolic OH excluding ortho intramolecular Hbond substituents is 1. The molecule has 1 saturated carbocycles. The van der Waals surface area contributed by atoms with Crippen molar-refractivity contribution >= 4 is 17.2 Å². The van der Waals surface area contributed by atoms with Crippen LogP contribution in [0.15, 0.2) is 24.3 Å². The third-order valence-corrected chi connectivity index (χ3v) is 5.07. The lowest BCUT2D eigenvalue weighted by Gasteiger charge is -2.33. The van der Waals surface area contributed by atoms with Crippen molar-refractivity contribution in [1.82, 2.24) is 4.98 Å². The van der Waals surface area contributed by atoms with E-state index >= 15 is 0 Å². The molecule has 1 aromatic carbocycles. The van der Waals surface area contributed by atoms with Crippen molar-refractivity contribution in [3.63, 3.8) is 0 Å². The van der Waals surface area contributed by atoms with E-state index in [9.17, 15) is 23.1 Å². The van der Waals surface area contributed by atoms with Gasteiger partial charge in [0.1, 0.15) is 11.4 Å². The largest absolute Gasteiger partial charge is 0.508 e. The summed E-state index contributed by atoms with van der Waals surface area (Å²) in [6.45, 7) is 7.13. The number of alkyl halides is 3. The lowest BCUT2D eigenvalue weighted by atomic mass is 9.72. The van der Waals surface area contributed by atoms with Gasteiger partial charge in [-0.1, -0.05) is 40.0 Å². The summed E-state index contributed by atoms with van der Waals surface area (Å²) in [5.74, 6) is 0.713. The Kier molecular flexibility index (Phi) is 6.50. The number of hydrogen-bond donors (Lipinski definition) is 1. The Morgan fingerprint density at radius 3 is 2.19 bits per heavy atom. The van der Waals surface area contributed by atoms with E-state index in [1.165, 1.54) is 44.2 Å². The maximum atomic E-state index is 12.7. The lowest BCUT2D eigenvalue weighted by molar-refractivity contribution is -0.136. The van der Waals surface area contributed by atoms with Gasteiger partial charge in [-0.3, -0.25) is 4.79 Å². The molecule has 0 spiro atoms. The fourth-order valence-corrected chi connectivity index (χ4v) is 3.50. The van der Waals surface area contributed by atoms with Crippen LogP contribution in [-0.2, 0) is 6.18 Å². The minimum absolute atomic E-state index is 0.0136. The number of aldehydes is 1. The van der Waals surface area contributed by atoms with Crippen LogP contribution in [0.5, 0.6) is 5.75 Å². The van der Waals surface area contributed by atoms with Gasteiger partial charge in [-0.15, -0.1) is 0 Å². The fraction of sp³-hybridized carbons (Fsp3) is 0.524. The summed E-state index contributed by atoms with van der Waals surface area (Å²) in [6, 6.07) is 4.07. The molecule has 0 saturated heterocycles. The average Bonchev–Trinajstić information content (AvgIpc) is 2.60. The number of hydrogen-bond acceptors (Lipinski definition) is 3. The number of halogens is 3. The first-order valence-corrected chi connectivity index (χ1v) is 9.18. The van der Waals surface area contributed by atoms with Gasteiger partial charge in [0, 0.05) is 5.39 Å². The third-order valence-electron chi connectivity index (χ3n) is 5.07. The van der Waals surface area contributed by atoms with E-state index < -0.39 is 11.7 Å². The highest BCUT2D eigenvalue weighted by atomic mass is 19.4. The van der Waals surface area contributed by atoms with Gasteiger partial charge in [-0.05, 0) is 48.4 Å². The van der Waals surface area contributed by atoms with E-state index in [2.05, 4.69) is 25.8 Å². The first-order valence-electron chi connectivity index (χ1n) is 9.18. The van der Waals surface area contributed by atoms with Crippen molar-refractivity contribution in [3.05, 3.63) is 35.5 Å². The zero-order valence-electron chi connectivity index (χ0n) is 15.9. The van der Waals surface area contributed by atoms with Gasteiger partial charge < -0.3 is 5.11 Å². The van der Waals surface area contributed by atoms with Crippen LogP contribution >= 0.6 is 0 Å². The number of pyridine rings is 1. The molecule has 3 rings (SSSR count). The second-order valence-corrected chi connectivity index (χ2v) is 8.11. The number of carbonyl (C=O) groups excluding carboxylic acids is 1. The predicted octanol–water partition coefficient (Wildman–Crippen LogP) is 6.38. The molecule has 0 bridgehead atoms. The Bertz CT molecular complexity index is 788. The van der Waals surface area contributed by atoms with Crippen molar-refractivity contribution in [1.29, 1.82) is 0 Å². The fourth-order valence-electron chi connectivity index (χ4n) is 3.50. The number of aromatic nitrogens is 1. The van der Waals surface area contributed by atoms with Gasteiger partial charge in [-0.2, -0.15) is 13.2 Å². The molecule has 148 valence electrons. The average molecular weight is 381 g/mol. The summed E-state index contributed by atoms with van der Waals surface area (Å²) in [5.41, 5.74) is -0.698. The Hall–Kier alpha value is -2.11. The molecule has 1 N–H and O–H groups in total. The Morgan fingerprint density at radius 1 is 1.07 bits per heavy atom. The SMILES string of the molecule is CC(C)(C)C1CCCCC1.O=Cc1cc(C(F)(F)F)c2cc(O)ccc2n1. The molecule has 0 amide bonds. The standard InChI is InChI=1S/C11H6F3NO2.C10H20/c12-11(13,14)9-3-6(5-16)15-10-2-1-7(17)4-8(9)10;1-10(2,3)9-7-5-4-6-8-9/h1-5,17H;9H,4-8H2,1-3H3. The summed E-state index contributed by atoms with van der Waals surface area (Å²) >= 11 is 0. The highest BCUT2D eigenvalue weighted by Crippen LogP contribution is 2.37. The van der Waals surface area contributed by atoms with Crippen molar-refractivity contribution in [2.75, 3.05) is 0 Å². The quantitative estimate of drug-likeness (QED) is 0.583. The first kappa shape index (κ1) is 21.2. The predicted molar refractivity (Wildman–Crippen MR) is 99.8 cm³/mol. The van der Waals surface area contributed by atoms with Gasteiger partial charge in [-0.25, -0.2) is 4.98 Å². The number of benzene rings is 1. The summed E-state index contributed by atoms with van der Waals surface area (Å²) in [6.07, 6.45) is 3.03. The monoisotopic (exact) mass is 381 g/mol. The van der Waals surface area contributed by atoms with Gasteiger partial charge >= 0.3 is 6.18 Å². The smallest absolute Gasteiger partial charge is 0.417 e. The van der Waals surface area contributed by atoms with E-state index in [1.54, 1.807) is 0 Å². The van der Waals surface area contributed by atoms with Crippen LogP contribution in [0.2, 0.25) is 0 Å². The first-order chi connectivity index (χ1) is 12.5. The zero-order chi connectivity index (χ0) is 20.2. The molecule has 6 heteroatoms. The van der Waals surface area contributed by atoms with Crippen LogP contribution < -0.4 is 0 Å². The molecule has 1 heterocycles. The van der Waals surface area contributed by atoms with Crippen LogP contribution in [0.3, 0.4) is 0 Å². The van der Waals surface area contributed by atoms with Crippen molar-refractivity contribution in [3.8, 4) is 5.75 Å². The molecule has 1 fully saturated rings. The zero-order valence-corrected chi connectivity index (χ0v) is 15.9. The minimum atomic E-state index is -4.60. The molecule has 0 unspecified atom stereocenters. The molecule has 27 heavy (non-hydrogen) atoms. The van der Waals surface area contributed by atoms with Gasteiger partial charge in [0.2, 0.25) is 0 Å². The van der Waals surface area contributed by atoms with Crippen molar-refractivity contribution in [2.24, 2.45) is 11.3 Å². The Morgan fingerprint density at radius 2 is 1.70 bits per heavy atom. The van der Waals surface area contributed by atoms with Gasteiger partial charge in [0.15, 0.2) is 6.29 Å². The summed E-state index contributed by atoms with van der Waals surface area (Å²) < 4.78 is 38.2. The molecule has 2 aromatic rings. The Balaban J connectivity index is 0.000000223. The van der Waals surface area contributed by atoms with Crippen LogP contribution in [0.4, 0.5) is 13.2 Å². The molecular weight excluding hydrogens is 355 g/mol. The number of carbonyl (C=O) groups is 1. The highest BCUT2D eigenvalue weighted by Gasteiger charge is 2.33. The number of phenols is 1. The third kappa shape index (κ3) is 5.68. The topological polar surface area (TPSA) is 50.2 Å². The molecular formula is C21H26F3NO2. The molecule has 1 aliphatic carbocycles. The molecule has 1 aromatic heterocycles. The minimum Gasteiger partial charge on any atom is -0.508 e. The lowest BCUT2D eigenvalue weighted by Crippen LogP contribution is -2.22. The summed E-state index contributed by atoms with van der Waals surface area (Å²) in [5, 5.41) is 8.95. The van der Waals surface area contributed by atoms with Gasteiger partial charge in [0.25, 0.3) is 0 Å². The van der Waals surface area contributed by atoms with Crippen LogP contribution in [0.25, 0.3) is 10.9 Å². The van der Waals surface area contributed by atoms with E-state index in [0.29, 0.717) is 11.5 Å². The summed E-state index contributed by atoms with van der Waals surface area (Å²) in [4.78, 5) is 14.2. The van der Waals surface area contributed by atoms with E-state index in [0.717, 1.165) is 12.0 Å². The van der Waals surface area contributed by atoms with E-state index in [1.807, 2.05) is 0 Å². The molecule has 0 atom stereocenters. The normalized spacial score (nSPS) is 15.9. The molecule has 0 radical (unpaired) electrons. The highest BCUT2D eigenvalue weighted by molar-refractivity contribution is 5.87. The second kappa shape index (κ2) is 8.28. The second-order valence-electron chi connectivity index (χ2n) is 8.11. The number of fused-ring (bicyclic) bond motifs is 1. The number of aromatic hydroxyl groups is 1. The maximum absolute atomic E-state index is 12.7. The molecule has 1 aliphatic rings. The van der Waals surface area contributed by atoms with Crippen molar-refractivity contribution in [2.45, 2.75) is 59.1 Å². The van der Waals surface area contributed by atoms with Gasteiger partial charge in [0.05, 0.1) is 11.1 Å². The number of rotatable bonds is 1. The van der Waals surface area contributed by atoms with Crippen LogP contribution in [0, 0.1) is 11.3 Å². The van der Waals surface area contributed by atoms with E-state index in [4.69, 9.17) is 0 Å². The number of nitrogens with zero attached hydrogens (tertiary/aromatic N) is 1. The van der Waals surface area contributed by atoms with E-state index in [-0.39, 0.29) is 28.6 Å². The molecule has 3 nitrogen and oxygen atoms in total. The van der Waals surface area contributed by atoms with Crippen LogP contribution in [-0.4, -0.2) is 16.4 Å². The maximum Gasteiger partial charge on any atom is 0.417 e. The summed E-state index contributed by atoms with van der Waals surface area (Å²) in [7, 11) is 0.